The van der Waals surface area contributed by atoms with E-state index in [0.717, 1.165) is 36.2 Å². The van der Waals surface area contributed by atoms with E-state index in [4.69, 9.17) is 0 Å². The van der Waals surface area contributed by atoms with Crippen LogP contribution in [0, 0.1) is 5.92 Å². The lowest BCUT2D eigenvalue weighted by Crippen LogP contribution is -2.07. The Kier molecular flexibility index (Phi) is 4.60. The van der Waals surface area contributed by atoms with E-state index in [0.29, 0.717) is 0 Å². The summed E-state index contributed by atoms with van der Waals surface area (Å²) in [5.41, 5.74) is 0.878. The predicted molar refractivity (Wildman–Crippen MR) is 79.7 cm³/mol. The van der Waals surface area contributed by atoms with Crippen molar-refractivity contribution >= 4 is 17.3 Å². The Morgan fingerprint density at radius 2 is 2.16 bits per heavy atom. The molecule has 0 atom stereocenters. The molecule has 0 radical (unpaired) electrons. The molecule has 19 heavy (non-hydrogen) atoms. The van der Waals surface area contributed by atoms with Crippen molar-refractivity contribution in [2.24, 2.45) is 5.92 Å². The molecule has 104 valence electrons. The molecule has 2 aromatic rings. The summed E-state index contributed by atoms with van der Waals surface area (Å²) >= 11 is 0. The fraction of sp³-hybridized carbons (Fsp3) is 0.571. The summed E-state index contributed by atoms with van der Waals surface area (Å²) in [4.78, 5) is 8.85. The Bertz CT molecular complexity index is 518. The van der Waals surface area contributed by atoms with E-state index >= 15 is 0 Å². The third kappa shape index (κ3) is 3.59. The van der Waals surface area contributed by atoms with Crippen molar-refractivity contribution in [1.82, 2.24) is 14.4 Å². The first kappa shape index (κ1) is 13.6. The SMILES string of the molecule is CNc1cn2ccnc2c(NCCCCC(C)C)n1. The molecule has 0 aromatic carbocycles. The van der Waals surface area contributed by atoms with Crippen molar-refractivity contribution in [3.8, 4) is 0 Å². The summed E-state index contributed by atoms with van der Waals surface area (Å²) in [7, 11) is 1.87. The van der Waals surface area contributed by atoms with E-state index in [1.165, 1.54) is 12.8 Å². The van der Waals surface area contributed by atoms with E-state index in [9.17, 15) is 0 Å². The van der Waals surface area contributed by atoms with E-state index in [2.05, 4.69) is 34.4 Å². The van der Waals surface area contributed by atoms with Gasteiger partial charge >= 0.3 is 0 Å². The van der Waals surface area contributed by atoms with Gasteiger partial charge < -0.3 is 15.0 Å². The van der Waals surface area contributed by atoms with Crippen LogP contribution in [0.5, 0.6) is 0 Å². The maximum absolute atomic E-state index is 4.52. The predicted octanol–water partition coefficient (Wildman–Crippen LogP) is 3.01. The highest BCUT2D eigenvalue weighted by molar-refractivity contribution is 5.65. The average molecular weight is 261 g/mol. The van der Waals surface area contributed by atoms with Crippen molar-refractivity contribution < 1.29 is 0 Å². The highest BCUT2D eigenvalue weighted by atomic mass is 15.1. The summed E-state index contributed by atoms with van der Waals surface area (Å²) in [6.45, 7) is 5.47. The van der Waals surface area contributed by atoms with Crippen LogP contribution in [-0.2, 0) is 0 Å². The van der Waals surface area contributed by atoms with Crippen LogP contribution in [0.1, 0.15) is 33.1 Å². The number of imidazole rings is 1. The molecule has 0 unspecified atom stereocenters. The summed E-state index contributed by atoms with van der Waals surface area (Å²) < 4.78 is 1.98. The Balaban J connectivity index is 1.97. The Hall–Kier alpha value is -1.78. The van der Waals surface area contributed by atoms with Crippen LogP contribution in [0.25, 0.3) is 5.65 Å². The normalized spacial score (nSPS) is 11.2. The summed E-state index contributed by atoms with van der Waals surface area (Å²) in [6, 6.07) is 0. The minimum atomic E-state index is 0.782. The molecule has 2 heterocycles. The molecule has 0 bridgehead atoms. The second-order valence-corrected chi connectivity index (χ2v) is 5.20. The first-order chi connectivity index (χ1) is 9.20. The molecule has 0 fully saturated rings. The fourth-order valence-electron chi connectivity index (χ4n) is 2.06. The molecule has 0 spiro atoms. The molecule has 2 rings (SSSR count). The lowest BCUT2D eigenvalue weighted by Gasteiger charge is -2.09. The van der Waals surface area contributed by atoms with Gasteiger partial charge in [-0.1, -0.05) is 26.7 Å². The van der Waals surface area contributed by atoms with Crippen molar-refractivity contribution in [2.45, 2.75) is 33.1 Å². The van der Waals surface area contributed by atoms with Gasteiger partial charge in [-0.15, -0.1) is 0 Å². The number of aromatic nitrogens is 3. The average Bonchev–Trinajstić information content (AvgIpc) is 2.85. The van der Waals surface area contributed by atoms with E-state index in [-0.39, 0.29) is 0 Å². The molecule has 0 aliphatic rings. The van der Waals surface area contributed by atoms with Gasteiger partial charge in [0.05, 0.1) is 6.20 Å². The van der Waals surface area contributed by atoms with Crippen LogP contribution >= 0.6 is 0 Å². The van der Waals surface area contributed by atoms with Crippen LogP contribution in [-0.4, -0.2) is 28.0 Å². The maximum atomic E-state index is 4.52. The highest BCUT2D eigenvalue weighted by Crippen LogP contribution is 2.16. The number of anilines is 2. The molecule has 0 saturated heterocycles. The van der Waals surface area contributed by atoms with Crippen molar-refractivity contribution in [2.75, 3.05) is 24.2 Å². The largest absolute Gasteiger partial charge is 0.372 e. The van der Waals surface area contributed by atoms with E-state index in [1.807, 2.05) is 23.8 Å². The van der Waals surface area contributed by atoms with Crippen LogP contribution in [0.3, 0.4) is 0 Å². The standard InChI is InChI=1S/C14H23N5/c1-11(2)6-4-5-7-16-13-14-17-8-9-19(14)10-12(15-3)18-13/h8-11,15H,4-7H2,1-3H3,(H,16,18). The van der Waals surface area contributed by atoms with Gasteiger partial charge in [-0.25, -0.2) is 9.97 Å². The monoisotopic (exact) mass is 261 g/mol. The number of rotatable bonds is 7. The second kappa shape index (κ2) is 6.41. The molecule has 0 aliphatic carbocycles. The number of fused-ring (bicyclic) bond motifs is 1. The van der Waals surface area contributed by atoms with E-state index in [1.54, 1.807) is 6.20 Å². The number of nitrogens with one attached hydrogen (secondary N) is 2. The van der Waals surface area contributed by atoms with Crippen molar-refractivity contribution in [3.05, 3.63) is 18.6 Å². The number of nitrogens with zero attached hydrogens (tertiary/aromatic N) is 3. The third-order valence-electron chi connectivity index (χ3n) is 3.13. The molecule has 0 amide bonds. The van der Waals surface area contributed by atoms with Crippen LogP contribution in [0.15, 0.2) is 18.6 Å². The molecule has 0 saturated carbocycles. The topological polar surface area (TPSA) is 54.2 Å². The Labute approximate surface area is 114 Å². The fourth-order valence-corrected chi connectivity index (χ4v) is 2.06. The second-order valence-electron chi connectivity index (χ2n) is 5.20. The van der Waals surface area contributed by atoms with E-state index < -0.39 is 0 Å². The minimum absolute atomic E-state index is 0.782. The van der Waals surface area contributed by atoms with Gasteiger partial charge in [-0.2, -0.15) is 0 Å². The summed E-state index contributed by atoms with van der Waals surface area (Å²) in [5, 5.41) is 6.45. The van der Waals surface area contributed by atoms with Crippen molar-refractivity contribution in [3.63, 3.8) is 0 Å². The number of unbranched alkanes of at least 4 members (excludes halogenated alkanes) is 1. The lowest BCUT2D eigenvalue weighted by molar-refractivity contribution is 0.544. The van der Waals surface area contributed by atoms with Gasteiger partial charge in [0.25, 0.3) is 0 Å². The molecule has 0 aliphatic heterocycles. The van der Waals surface area contributed by atoms with Crippen LogP contribution in [0.2, 0.25) is 0 Å². The highest BCUT2D eigenvalue weighted by Gasteiger charge is 2.06. The third-order valence-corrected chi connectivity index (χ3v) is 3.13. The Morgan fingerprint density at radius 1 is 1.32 bits per heavy atom. The quantitative estimate of drug-likeness (QED) is 0.752. The molecule has 2 N–H and O–H groups in total. The molecular formula is C14H23N5. The zero-order valence-electron chi connectivity index (χ0n) is 12.0. The van der Waals surface area contributed by atoms with Gasteiger partial charge in [0, 0.05) is 26.0 Å². The van der Waals surface area contributed by atoms with Crippen LogP contribution < -0.4 is 10.6 Å². The first-order valence-electron chi connectivity index (χ1n) is 6.96. The number of hydrogen-bond acceptors (Lipinski definition) is 4. The summed E-state index contributed by atoms with van der Waals surface area (Å²) in [5.74, 6) is 2.47. The zero-order chi connectivity index (χ0) is 13.7. The van der Waals surface area contributed by atoms with Crippen molar-refractivity contribution in [1.29, 1.82) is 0 Å². The van der Waals surface area contributed by atoms with Gasteiger partial charge in [0.15, 0.2) is 11.5 Å². The molecule has 2 aromatic heterocycles. The maximum Gasteiger partial charge on any atom is 0.180 e. The minimum Gasteiger partial charge on any atom is -0.372 e. The van der Waals surface area contributed by atoms with Gasteiger partial charge in [0.2, 0.25) is 0 Å². The number of hydrogen-bond donors (Lipinski definition) is 2. The lowest BCUT2D eigenvalue weighted by atomic mass is 10.1. The zero-order valence-corrected chi connectivity index (χ0v) is 12.0. The molecular weight excluding hydrogens is 238 g/mol. The molecule has 5 nitrogen and oxygen atoms in total. The first-order valence-corrected chi connectivity index (χ1v) is 6.96. The smallest absolute Gasteiger partial charge is 0.180 e. The van der Waals surface area contributed by atoms with Crippen LogP contribution in [0.4, 0.5) is 11.6 Å². The summed E-state index contributed by atoms with van der Waals surface area (Å²) in [6.07, 6.45) is 9.36. The van der Waals surface area contributed by atoms with Gasteiger partial charge in [-0.05, 0) is 12.3 Å². The van der Waals surface area contributed by atoms with Gasteiger partial charge in [-0.3, -0.25) is 0 Å². The van der Waals surface area contributed by atoms with Gasteiger partial charge in [0.1, 0.15) is 5.82 Å². The Morgan fingerprint density at radius 3 is 2.89 bits per heavy atom. The molecule has 5 heteroatoms.